The van der Waals surface area contributed by atoms with Gasteiger partial charge >= 0.3 is 0 Å². The van der Waals surface area contributed by atoms with Crippen LogP contribution >= 0.6 is 11.6 Å². The number of hydrogen-bond acceptors (Lipinski definition) is 3. The first-order valence-electron chi connectivity index (χ1n) is 9.18. The van der Waals surface area contributed by atoms with Gasteiger partial charge in [0.25, 0.3) is 5.91 Å². The molecule has 4 aromatic rings. The molecule has 5 nitrogen and oxygen atoms in total. The molecule has 6 heteroatoms. The van der Waals surface area contributed by atoms with Gasteiger partial charge in [-0.2, -0.15) is 0 Å². The number of aryl methyl sites for hydroxylation is 2. The third kappa shape index (κ3) is 4.05. The van der Waals surface area contributed by atoms with Crippen LogP contribution in [0, 0.1) is 13.8 Å². The van der Waals surface area contributed by atoms with Gasteiger partial charge in [0.1, 0.15) is 0 Å². The Labute approximate surface area is 174 Å². The van der Waals surface area contributed by atoms with E-state index >= 15 is 0 Å². The second-order valence-electron chi connectivity index (χ2n) is 6.79. The number of anilines is 1. The molecule has 1 amide bonds. The molecule has 0 bridgehead atoms. The average molecular weight is 403 g/mol. The zero-order valence-corrected chi connectivity index (χ0v) is 16.8. The number of rotatable bonds is 4. The zero-order chi connectivity index (χ0) is 20.4. The summed E-state index contributed by atoms with van der Waals surface area (Å²) in [7, 11) is 0. The molecular weight excluding hydrogens is 384 g/mol. The maximum atomic E-state index is 12.8. The van der Waals surface area contributed by atoms with Gasteiger partial charge in [-0.1, -0.05) is 59.6 Å². The molecule has 4 rings (SSSR count). The van der Waals surface area contributed by atoms with E-state index in [1.165, 1.54) is 0 Å². The third-order valence-electron chi connectivity index (χ3n) is 4.52. The van der Waals surface area contributed by atoms with Crippen LogP contribution in [0.25, 0.3) is 17.1 Å². The standard InChI is InChI=1S/C23H19ClN4O/c1-15-7-6-8-17(13-15)22-26-21(27-28(22)19-9-4-3-5-10-19)23(29)25-18-12-11-16(2)20(24)14-18/h3-14H,1-2H3,(H,25,29). The summed E-state index contributed by atoms with van der Waals surface area (Å²) in [6.45, 7) is 3.92. The first-order valence-corrected chi connectivity index (χ1v) is 9.56. The van der Waals surface area contributed by atoms with E-state index in [1.54, 1.807) is 16.8 Å². The number of nitrogens with one attached hydrogen (secondary N) is 1. The van der Waals surface area contributed by atoms with E-state index in [-0.39, 0.29) is 5.82 Å². The quantitative estimate of drug-likeness (QED) is 0.493. The Morgan fingerprint density at radius 1 is 0.966 bits per heavy atom. The van der Waals surface area contributed by atoms with E-state index in [9.17, 15) is 4.79 Å². The summed E-state index contributed by atoms with van der Waals surface area (Å²) >= 11 is 6.16. The highest BCUT2D eigenvalue weighted by molar-refractivity contribution is 6.31. The molecule has 0 unspecified atom stereocenters. The van der Waals surface area contributed by atoms with Gasteiger partial charge in [0.2, 0.25) is 5.82 Å². The normalized spacial score (nSPS) is 10.7. The summed E-state index contributed by atoms with van der Waals surface area (Å²) in [5.41, 5.74) is 4.36. The highest BCUT2D eigenvalue weighted by Gasteiger charge is 2.19. The SMILES string of the molecule is Cc1cccc(-c2nc(C(=O)Nc3ccc(C)c(Cl)c3)nn2-c2ccccc2)c1. The summed E-state index contributed by atoms with van der Waals surface area (Å²) in [5, 5.41) is 7.89. The summed E-state index contributed by atoms with van der Waals surface area (Å²) < 4.78 is 1.69. The summed E-state index contributed by atoms with van der Waals surface area (Å²) in [4.78, 5) is 17.4. The molecule has 0 saturated carbocycles. The summed E-state index contributed by atoms with van der Waals surface area (Å²) in [6, 6.07) is 22.9. The lowest BCUT2D eigenvalue weighted by molar-refractivity contribution is 0.101. The van der Waals surface area contributed by atoms with Crippen LogP contribution in [-0.4, -0.2) is 20.7 Å². The fourth-order valence-corrected chi connectivity index (χ4v) is 3.17. The third-order valence-corrected chi connectivity index (χ3v) is 4.92. The van der Waals surface area contributed by atoms with Gasteiger partial charge in [0.15, 0.2) is 5.82 Å². The Morgan fingerprint density at radius 2 is 1.76 bits per heavy atom. The Kier molecular flexibility index (Phi) is 5.14. The number of carbonyl (C=O) groups excluding carboxylic acids is 1. The molecule has 144 valence electrons. The van der Waals surface area contributed by atoms with Gasteiger partial charge in [-0.25, -0.2) is 9.67 Å². The van der Waals surface area contributed by atoms with Crippen molar-refractivity contribution in [2.75, 3.05) is 5.32 Å². The molecule has 3 aromatic carbocycles. The fourth-order valence-electron chi connectivity index (χ4n) is 2.99. The van der Waals surface area contributed by atoms with Crippen molar-refractivity contribution in [3.05, 3.63) is 94.8 Å². The Bertz CT molecular complexity index is 1180. The van der Waals surface area contributed by atoms with Crippen LogP contribution in [0.1, 0.15) is 21.7 Å². The van der Waals surface area contributed by atoms with Crippen molar-refractivity contribution in [3.63, 3.8) is 0 Å². The molecule has 0 spiro atoms. The number of hydrogen-bond donors (Lipinski definition) is 1. The highest BCUT2D eigenvalue weighted by Crippen LogP contribution is 2.23. The molecule has 0 aliphatic carbocycles. The monoisotopic (exact) mass is 402 g/mol. The van der Waals surface area contributed by atoms with Crippen molar-refractivity contribution in [1.82, 2.24) is 14.8 Å². The van der Waals surface area contributed by atoms with Crippen molar-refractivity contribution in [1.29, 1.82) is 0 Å². The van der Waals surface area contributed by atoms with Crippen molar-refractivity contribution in [2.45, 2.75) is 13.8 Å². The lowest BCUT2D eigenvalue weighted by atomic mass is 10.1. The molecule has 0 atom stereocenters. The first-order chi connectivity index (χ1) is 14.0. The average Bonchev–Trinajstić information content (AvgIpc) is 3.17. The number of halogens is 1. The molecule has 0 saturated heterocycles. The second-order valence-corrected chi connectivity index (χ2v) is 7.20. The minimum atomic E-state index is -0.395. The topological polar surface area (TPSA) is 59.8 Å². The van der Waals surface area contributed by atoms with Crippen LogP contribution in [0.4, 0.5) is 5.69 Å². The number of amides is 1. The fraction of sp³-hybridized carbons (Fsp3) is 0.0870. The molecule has 0 radical (unpaired) electrons. The smallest absolute Gasteiger partial charge is 0.295 e. The van der Waals surface area contributed by atoms with E-state index in [0.717, 1.165) is 22.4 Å². The molecule has 1 aromatic heterocycles. The van der Waals surface area contributed by atoms with Crippen molar-refractivity contribution in [2.24, 2.45) is 0 Å². The predicted octanol–water partition coefficient (Wildman–Crippen LogP) is 5.46. The van der Waals surface area contributed by atoms with Crippen LogP contribution in [0.2, 0.25) is 5.02 Å². The maximum Gasteiger partial charge on any atom is 0.295 e. The Morgan fingerprint density at radius 3 is 2.48 bits per heavy atom. The molecule has 0 fully saturated rings. The van der Waals surface area contributed by atoms with Gasteiger partial charge in [-0.3, -0.25) is 4.79 Å². The van der Waals surface area contributed by atoms with E-state index in [1.807, 2.05) is 74.5 Å². The summed E-state index contributed by atoms with van der Waals surface area (Å²) in [5.74, 6) is 0.294. The van der Waals surface area contributed by atoms with Gasteiger partial charge in [-0.05, 0) is 49.7 Å². The van der Waals surface area contributed by atoms with Gasteiger partial charge in [0.05, 0.1) is 5.69 Å². The number of benzene rings is 3. The zero-order valence-electron chi connectivity index (χ0n) is 16.1. The van der Waals surface area contributed by atoms with Crippen LogP contribution in [-0.2, 0) is 0 Å². The van der Waals surface area contributed by atoms with Crippen molar-refractivity contribution < 1.29 is 4.79 Å². The van der Waals surface area contributed by atoms with Crippen LogP contribution in [0.5, 0.6) is 0 Å². The maximum absolute atomic E-state index is 12.8. The molecule has 0 aliphatic heterocycles. The number of carbonyl (C=O) groups is 1. The van der Waals surface area contributed by atoms with Crippen LogP contribution in [0.15, 0.2) is 72.8 Å². The molecule has 1 heterocycles. The number of aromatic nitrogens is 3. The van der Waals surface area contributed by atoms with Crippen molar-refractivity contribution in [3.8, 4) is 17.1 Å². The Balaban J connectivity index is 1.74. The van der Waals surface area contributed by atoms with E-state index in [4.69, 9.17) is 11.6 Å². The second kappa shape index (κ2) is 7.89. The van der Waals surface area contributed by atoms with Crippen LogP contribution < -0.4 is 5.32 Å². The predicted molar refractivity (Wildman–Crippen MR) is 116 cm³/mol. The molecule has 29 heavy (non-hydrogen) atoms. The largest absolute Gasteiger partial charge is 0.319 e. The molecular formula is C23H19ClN4O. The lowest BCUT2D eigenvalue weighted by Crippen LogP contribution is -2.14. The minimum absolute atomic E-state index is 0.0852. The molecule has 0 aliphatic rings. The first kappa shape index (κ1) is 18.9. The van der Waals surface area contributed by atoms with Gasteiger partial charge in [0, 0.05) is 16.3 Å². The highest BCUT2D eigenvalue weighted by atomic mass is 35.5. The molecule has 1 N–H and O–H groups in total. The van der Waals surface area contributed by atoms with E-state index < -0.39 is 5.91 Å². The van der Waals surface area contributed by atoms with Gasteiger partial charge in [-0.15, -0.1) is 5.10 Å². The lowest BCUT2D eigenvalue weighted by Gasteiger charge is -2.06. The Hall–Kier alpha value is -3.44. The minimum Gasteiger partial charge on any atom is -0.319 e. The van der Waals surface area contributed by atoms with E-state index in [2.05, 4.69) is 15.4 Å². The van der Waals surface area contributed by atoms with Crippen LogP contribution in [0.3, 0.4) is 0 Å². The van der Waals surface area contributed by atoms with E-state index in [0.29, 0.717) is 16.5 Å². The summed E-state index contributed by atoms with van der Waals surface area (Å²) in [6.07, 6.45) is 0. The number of para-hydroxylation sites is 1. The van der Waals surface area contributed by atoms with Crippen molar-refractivity contribution >= 4 is 23.2 Å². The number of nitrogens with zero attached hydrogens (tertiary/aromatic N) is 3. The van der Waals surface area contributed by atoms with Gasteiger partial charge < -0.3 is 5.32 Å².